The van der Waals surface area contributed by atoms with E-state index in [1.54, 1.807) is 31.2 Å². The SMILES string of the molecule is CCOC(=O)c1ccc(NC(=O)CC2(c3ccc(CCC(C)(C)C)c(Cl)c3)CCC(C)(C)C2CO)cc1. The van der Waals surface area contributed by atoms with Crippen LogP contribution in [0.4, 0.5) is 5.69 Å². The largest absolute Gasteiger partial charge is 0.462 e. The van der Waals surface area contributed by atoms with Gasteiger partial charge in [-0.3, -0.25) is 4.79 Å². The number of hydrogen-bond acceptors (Lipinski definition) is 4. The Hall–Kier alpha value is -2.37. The highest BCUT2D eigenvalue weighted by molar-refractivity contribution is 6.31. The number of aliphatic hydroxyl groups excluding tert-OH is 1. The number of hydrogen-bond donors (Lipinski definition) is 2. The van der Waals surface area contributed by atoms with Crippen LogP contribution in [-0.2, 0) is 21.4 Å². The van der Waals surface area contributed by atoms with Gasteiger partial charge >= 0.3 is 5.97 Å². The molecule has 2 aromatic rings. The Morgan fingerprint density at radius 1 is 1.11 bits per heavy atom. The van der Waals surface area contributed by atoms with Crippen molar-refractivity contribution in [1.82, 2.24) is 0 Å². The predicted molar refractivity (Wildman–Crippen MR) is 150 cm³/mol. The minimum absolute atomic E-state index is 0.00207. The summed E-state index contributed by atoms with van der Waals surface area (Å²) in [6.45, 7) is 13.1. The number of aliphatic hydroxyl groups is 1. The maximum Gasteiger partial charge on any atom is 0.338 e. The summed E-state index contributed by atoms with van der Waals surface area (Å²) in [7, 11) is 0. The molecule has 1 saturated carbocycles. The molecule has 5 nitrogen and oxygen atoms in total. The Balaban J connectivity index is 1.87. The van der Waals surface area contributed by atoms with Crippen LogP contribution in [0.15, 0.2) is 42.5 Å². The summed E-state index contributed by atoms with van der Waals surface area (Å²) in [6, 6.07) is 12.9. The van der Waals surface area contributed by atoms with Crippen molar-refractivity contribution in [1.29, 1.82) is 0 Å². The summed E-state index contributed by atoms with van der Waals surface area (Å²) < 4.78 is 5.03. The number of rotatable bonds is 9. The van der Waals surface area contributed by atoms with Crippen LogP contribution < -0.4 is 5.32 Å². The quantitative estimate of drug-likeness (QED) is 0.338. The second kappa shape index (κ2) is 11.6. The van der Waals surface area contributed by atoms with Crippen LogP contribution >= 0.6 is 11.6 Å². The maximum absolute atomic E-state index is 13.4. The van der Waals surface area contributed by atoms with E-state index in [0.717, 1.165) is 41.8 Å². The van der Waals surface area contributed by atoms with Crippen molar-refractivity contribution in [2.24, 2.45) is 16.7 Å². The molecule has 1 fully saturated rings. The van der Waals surface area contributed by atoms with Crippen LogP contribution in [0.1, 0.15) is 88.7 Å². The number of carbonyl (C=O) groups excluding carboxylic acids is 2. The zero-order chi connectivity index (χ0) is 27.4. The molecule has 0 bridgehead atoms. The third-order valence-electron chi connectivity index (χ3n) is 7.94. The first kappa shape index (κ1) is 29.2. The number of anilines is 1. The highest BCUT2D eigenvalue weighted by atomic mass is 35.5. The molecule has 2 unspecified atom stereocenters. The number of aryl methyl sites for hydroxylation is 1. The number of nitrogens with one attached hydrogen (secondary N) is 1. The maximum atomic E-state index is 13.4. The molecule has 2 atom stereocenters. The summed E-state index contributed by atoms with van der Waals surface area (Å²) >= 11 is 6.79. The van der Waals surface area contributed by atoms with Crippen molar-refractivity contribution >= 4 is 29.2 Å². The minimum atomic E-state index is -0.528. The first-order valence-electron chi connectivity index (χ1n) is 13.3. The van der Waals surface area contributed by atoms with Gasteiger partial charge in [-0.15, -0.1) is 0 Å². The van der Waals surface area contributed by atoms with E-state index >= 15 is 0 Å². The van der Waals surface area contributed by atoms with Gasteiger partial charge in [0.05, 0.1) is 12.2 Å². The lowest BCUT2D eigenvalue weighted by Crippen LogP contribution is -2.41. The highest BCUT2D eigenvalue weighted by Gasteiger charge is 2.53. The van der Waals surface area contributed by atoms with Gasteiger partial charge in [-0.25, -0.2) is 4.79 Å². The van der Waals surface area contributed by atoms with Crippen molar-refractivity contribution in [3.8, 4) is 0 Å². The lowest BCUT2D eigenvalue weighted by Gasteiger charge is -2.40. The standard InChI is InChI=1S/C31H42ClNO4/c1-7-37-28(36)22-9-12-24(13-10-22)33-27(35)19-31(17-16-30(5,6)26(31)20-34)23-11-8-21(25(32)18-23)14-15-29(2,3)4/h8-13,18,26,34H,7,14-17,19-20H2,1-6H3,(H,33,35). The molecule has 0 radical (unpaired) electrons. The number of esters is 1. The van der Waals surface area contributed by atoms with Crippen LogP contribution in [0.2, 0.25) is 5.02 Å². The van der Waals surface area contributed by atoms with Gasteiger partial charge in [0.2, 0.25) is 5.91 Å². The van der Waals surface area contributed by atoms with Crippen molar-refractivity contribution in [2.45, 2.75) is 79.1 Å². The molecule has 202 valence electrons. The molecule has 2 N–H and O–H groups in total. The Morgan fingerprint density at radius 2 is 1.78 bits per heavy atom. The first-order chi connectivity index (χ1) is 17.3. The lowest BCUT2D eigenvalue weighted by molar-refractivity contribution is -0.118. The predicted octanol–water partition coefficient (Wildman–Crippen LogP) is 7.19. The molecule has 6 heteroatoms. The lowest BCUT2D eigenvalue weighted by atomic mass is 9.65. The van der Waals surface area contributed by atoms with Crippen LogP contribution in [-0.4, -0.2) is 30.2 Å². The van der Waals surface area contributed by atoms with Crippen molar-refractivity contribution in [3.63, 3.8) is 0 Å². The molecule has 3 rings (SSSR count). The van der Waals surface area contributed by atoms with E-state index in [9.17, 15) is 14.7 Å². The minimum Gasteiger partial charge on any atom is -0.462 e. The fraction of sp³-hybridized carbons (Fsp3) is 0.548. The number of benzene rings is 2. The van der Waals surface area contributed by atoms with Crippen LogP contribution in [0.5, 0.6) is 0 Å². The summed E-state index contributed by atoms with van der Waals surface area (Å²) in [5.41, 5.74) is 2.74. The summed E-state index contributed by atoms with van der Waals surface area (Å²) in [6.07, 6.45) is 3.86. The molecule has 1 aliphatic rings. The molecule has 2 aromatic carbocycles. The van der Waals surface area contributed by atoms with E-state index in [1.807, 2.05) is 6.07 Å². The zero-order valence-corrected chi connectivity index (χ0v) is 23.9. The Labute approximate surface area is 227 Å². The first-order valence-corrected chi connectivity index (χ1v) is 13.7. The van der Waals surface area contributed by atoms with E-state index in [-0.39, 0.29) is 41.7 Å². The number of halogens is 1. The fourth-order valence-corrected chi connectivity index (χ4v) is 5.96. The van der Waals surface area contributed by atoms with Gasteiger partial charge in [-0.05, 0) is 90.8 Å². The average molecular weight is 528 g/mol. The van der Waals surface area contributed by atoms with Crippen molar-refractivity contribution in [3.05, 3.63) is 64.2 Å². The topological polar surface area (TPSA) is 75.6 Å². The van der Waals surface area contributed by atoms with E-state index < -0.39 is 5.41 Å². The van der Waals surface area contributed by atoms with E-state index in [1.165, 1.54) is 0 Å². The molecule has 0 heterocycles. The number of ether oxygens (including phenoxy) is 1. The molecule has 0 spiro atoms. The van der Waals surface area contributed by atoms with E-state index in [4.69, 9.17) is 16.3 Å². The molecule has 0 aliphatic heterocycles. The third-order valence-corrected chi connectivity index (χ3v) is 8.29. The zero-order valence-electron chi connectivity index (χ0n) is 23.1. The third kappa shape index (κ3) is 6.94. The van der Waals surface area contributed by atoms with Gasteiger partial charge < -0.3 is 15.2 Å². The normalized spacial score (nSPS) is 21.0. The van der Waals surface area contributed by atoms with Crippen LogP contribution in [0.3, 0.4) is 0 Å². The highest BCUT2D eigenvalue weighted by Crippen LogP contribution is 2.57. The smallest absolute Gasteiger partial charge is 0.338 e. The summed E-state index contributed by atoms with van der Waals surface area (Å²) in [5, 5.41) is 14.2. The average Bonchev–Trinajstić information content (AvgIpc) is 3.08. The summed E-state index contributed by atoms with van der Waals surface area (Å²) in [4.78, 5) is 25.3. The van der Waals surface area contributed by atoms with Gasteiger partial charge in [0.1, 0.15) is 0 Å². The molecular weight excluding hydrogens is 486 g/mol. The molecule has 0 saturated heterocycles. The van der Waals surface area contributed by atoms with Gasteiger partial charge in [0.15, 0.2) is 0 Å². The Bertz CT molecular complexity index is 1100. The van der Waals surface area contributed by atoms with Gasteiger partial charge in [-0.2, -0.15) is 0 Å². The summed E-state index contributed by atoms with van der Waals surface area (Å²) in [5.74, 6) is -0.609. The van der Waals surface area contributed by atoms with Gasteiger partial charge in [0.25, 0.3) is 0 Å². The second-order valence-electron chi connectivity index (χ2n) is 12.3. The second-order valence-corrected chi connectivity index (χ2v) is 12.7. The van der Waals surface area contributed by atoms with Gasteiger partial charge in [-0.1, -0.05) is 58.4 Å². The number of carbonyl (C=O) groups is 2. The van der Waals surface area contributed by atoms with Crippen molar-refractivity contribution < 1.29 is 19.4 Å². The van der Waals surface area contributed by atoms with E-state index in [2.05, 4.69) is 52.1 Å². The molecule has 37 heavy (non-hydrogen) atoms. The van der Waals surface area contributed by atoms with Crippen LogP contribution in [0, 0.1) is 16.7 Å². The Kier molecular flexibility index (Phi) is 9.13. The van der Waals surface area contributed by atoms with Crippen LogP contribution in [0.25, 0.3) is 0 Å². The monoisotopic (exact) mass is 527 g/mol. The van der Waals surface area contributed by atoms with E-state index in [0.29, 0.717) is 17.9 Å². The molecule has 1 amide bonds. The van der Waals surface area contributed by atoms with Gasteiger partial charge in [0, 0.05) is 29.2 Å². The van der Waals surface area contributed by atoms with Crippen molar-refractivity contribution in [2.75, 3.05) is 18.5 Å². The molecule has 1 aliphatic carbocycles. The fourth-order valence-electron chi connectivity index (χ4n) is 5.69. The molecular formula is C31H42ClNO4. The Morgan fingerprint density at radius 3 is 2.35 bits per heavy atom. The number of amides is 1. The molecule has 0 aromatic heterocycles.